The van der Waals surface area contributed by atoms with Crippen molar-refractivity contribution in [3.8, 4) is 16.9 Å². The van der Waals surface area contributed by atoms with E-state index in [2.05, 4.69) is 25.7 Å². The van der Waals surface area contributed by atoms with Gasteiger partial charge in [-0.1, -0.05) is 46.5 Å². The zero-order valence-electron chi connectivity index (χ0n) is 24.8. The first-order valence-electron chi connectivity index (χ1n) is 14.2. The van der Waals surface area contributed by atoms with Crippen molar-refractivity contribution < 1.29 is 19.1 Å². The first-order valence-corrected chi connectivity index (χ1v) is 16.0. The van der Waals surface area contributed by atoms with E-state index in [1.54, 1.807) is 58.9 Å². The van der Waals surface area contributed by atoms with Gasteiger partial charge in [-0.3, -0.25) is 19.3 Å². The quantitative estimate of drug-likeness (QED) is 0.183. The molecule has 3 heterocycles. The van der Waals surface area contributed by atoms with Crippen LogP contribution in [-0.2, 0) is 11.3 Å². The molecule has 5 aromatic rings. The molecule has 46 heavy (non-hydrogen) atoms. The molecule has 1 aliphatic rings. The molecule has 15 heteroatoms. The number of halogens is 2. The van der Waals surface area contributed by atoms with E-state index in [9.17, 15) is 9.59 Å². The van der Waals surface area contributed by atoms with Crippen molar-refractivity contribution in [1.82, 2.24) is 30.4 Å². The Labute approximate surface area is 278 Å². The molecule has 3 aromatic carbocycles. The van der Waals surface area contributed by atoms with Crippen LogP contribution in [0, 0.1) is 6.92 Å². The fraction of sp³-hybridized carbons (Fsp3) is 0.226. The van der Waals surface area contributed by atoms with E-state index in [0.717, 1.165) is 32.8 Å². The van der Waals surface area contributed by atoms with Gasteiger partial charge in [0, 0.05) is 62.7 Å². The van der Waals surface area contributed by atoms with E-state index < -0.39 is 6.09 Å². The molecule has 0 saturated carbocycles. The third-order valence-corrected chi connectivity index (χ3v) is 9.26. The number of aromatic amines is 1. The number of thioether (sulfide) groups is 1. The number of fused-ring (bicyclic) bond motifs is 1. The van der Waals surface area contributed by atoms with Crippen molar-refractivity contribution in [3.05, 3.63) is 93.7 Å². The monoisotopic (exact) mass is 678 g/mol. The molecule has 1 aliphatic heterocycles. The van der Waals surface area contributed by atoms with Crippen molar-refractivity contribution in [3.63, 3.8) is 0 Å². The minimum absolute atomic E-state index is 0.0964. The van der Waals surface area contributed by atoms with Gasteiger partial charge in [-0.25, -0.2) is 9.89 Å². The highest BCUT2D eigenvalue weighted by atomic mass is 35.5. The maximum absolute atomic E-state index is 13.1. The summed E-state index contributed by atoms with van der Waals surface area (Å²) >= 11 is 14.4. The molecule has 2 aromatic heterocycles. The molecular formula is C31H28Cl2N8O4S. The Kier molecular flexibility index (Phi) is 9.43. The van der Waals surface area contributed by atoms with Crippen LogP contribution in [0.5, 0.6) is 5.75 Å². The van der Waals surface area contributed by atoms with Gasteiger partial charge in [-0.05, 0) is 59.3 Å². The third kappa shape index (κ3) is 6.66. The number of rotatable bonds is 9. The number of carbonyl (C=O) groups excluding carboxylic acids is 2. The summed E-state index contributed by atoms with van der Waals surface area (Å²) in [4.78, 5) is 30.1. The van der Waals surface area contributed by atoms with Gasteiger partial charge in [0.15, 0.2) is 0 Å². The van der Waals surface area contributed by atoms with E-state index in [-0.39, 0.29) is 25.1 Å². The van der Waals surface area contributed by atoms with Crippen LogP contribution in [0.25, 0.3) is 11.1 Å². The predicted octanol–water partition coefficient (Wildman–Crippen LogP) is 6.13. The van der Waals surface area contributed by atoms with Gasteiger partial charge in [0.1, 0.15) is 19.0 Å². The predicted molar refractivity (Wildman–Crippen MR) is 176 cm³/mol. The molecule has 0 bridgehead atoms. The Morgan fingerprint density at radius 3 is 2.76 bits per heavy atom. The van der Waals surface area contributed by atoms with Crippen molar-refractivity contribution >= 4 is 58.6 Å². The molecule has 0 spiro atoms. The molecule has 1 N–H and O–H groups in total. The van der Waals surface area contributed by atoms with E-state index in [1.807, 2.05) is 43.5 Å². The van der Waals surface area contributed by atoms with Crippen LogP contribution in [0.2, 0.25) is 10.0 Å². The lowest BCUT2D eigenvalue weighted by Crippen LogP contribution is -2.36. The van der Waals surface area contributed by atoms with Crippen LogP contribution in [0.3, 0.4) is 0 Å². The van der Waals surface area contributed by atoms with Crippen LogP contribution in [0.4, 0.5) is 16.4 Å². The number of hydrogen-bond acceptors (Lipinski definition) is 9. The summed E-state index contributed by atoms with van der Waals surface area (Å²) in [6, 6.07) is 16.3. The minimum Gasteiger partial charge on any atom is -0.490 e. The lowest BCUT2D eigenvalue weighted by molar-refractivity contribution is 0.0991. The topological polar surface area (TPSA) is 131 Å². The standard InChI is InChI=1S/C31H28Cl2N8O4S/c1-19-24(32)6-4-8-27(19)44-12-13-45-31(43)41-11-14-46-28-23(5-3-7-26(28)41)22-16-34-40(18-22)17-21-15-20(9-10-25(21)33)29(42)39(2)30-35-37-38-36-30/h3-10,15-16,18H,11-14,17H2,1-2H3,(H,35,36,37,38). The Morgan fingerprint density at radius 1 is 1.09 bits per heavy atom. The molecule has 0 unspecified atom stereocenters. The molecule has 6 rings (SSSR count). The highest BCUT2D eigenvalue weighted by molar-refractivity contribution is 7.99. The zero-order chi connectivity index (χ0) is 32.2. The Morgan fingerprint density at radius 2 is 1.93 bits per heavy atom. The summed E-state index contributed by atoms with van der Waals surface area (Å²) in [7, 11) is 1.58. The minimum atomic E-state index is -0.435. The number of anilines is 2. The van der Waals surface area contributed by atoms with Gasteiger partial charge in [0.25, 0.3) is 5.91 Å². The molecule has 0 fully saturated rings. The number of amides is 2. The maximum atomic E-state index is 13.1. The number of H-pyrrole nitrogens is 1. The first kappa shape index (κ1) is 31.4. The van der Waals surface area contributed by atoms with Crippen LogP contribution in [0.1, 0.15) is 21.5 Å². The Hall–Kier alpha value is -4.59. The van der Waals surface area contributed by atoms with Crippen molar-refractivity contribution in [2.24, 2.45) is 0 Å². The van der Waals surface area contributed by atoms with Crippen LogP contribution in [0.15, 0.2) is 71.9 Å². The van der Waals surface area contributed by atoms with Gasteiger partial charge in [-0.2, -0.15) is 5.10 Å². The fourth-order valence-corrected chi connectivity index (χ4v) is 6.44. The molecule has 0 saturated heterocycles. The average Bonchev–Trinajstić information content (AvgIpc) is 3.78. The lowest BCUT2D eigenvalue weighted by Gasteiger charge is -2.29. The number of carbonyl (C=O) groups is 2. The summed E-state index contributed by atoms with van der Waals surface area (Å²) < 4.78 is 13.1. The number of tetrazole rings is 1. The van der Waals surface area contributed by atoms with Crippen molar-refractivity contribution in [2.75, 3.05) is 42.4 Å². The van der Waals surface area contributed by atoms with Gasteiger partial charge < -0.3 is 9.47 Å². The number of aromatic nitrogens is 6. The summed E-state index contributed by atoms with van der Waals surface area (Å²) in [6.07, 6.45) is 3.26. The summed E-state index contributed by atoms with van der Waals surface area (Å²) in [5, 5.41) is 19.1. The maximum Gasteiger partial charge on any atom is 0.414 e. The highest BCUT2D eigenvalue weighted by Crippen LogP contribution is 2.42. The number of benzene rings is 3. The second kappa shape index (κ2) is 13.8. The molecule has 0 aliphatic carbocycles. The fourth-order valence-electron chi connectivity index (χ4n) is 4.95. The second-order valence-corrected chi connectivity index (χ2v) is 12.2. The highest BCUT2D eigenvalue weighted by Gasteiger charge is 2.27. The van der Waals surface area contributed by atoms with E-state index in [4.69, 9.17) is 32.7 Å². The van der Waals surface area contributed by atoms with E-state index >= 15 is 0 Å². The van der Waals surface area contributed by atoms with Crippen molar-refractivity contribution in [2.45, 2.75) is 18.4 Å². The second-order valence-electron chi connectivity index (χ2n) is 10.3. The smallest absolute Gasteiger partial charge is 0.414 e. The number of hydrogen-bond donors (Lipinski definition) is 1. The largest absolute Gasteiger partial charge is 0.490 e. The molecule has 0 radical (unpaired) electrons. The van der Waals surface area contributed by atoms with Crippen LogP contribution in [-0.4, -0.2) is 75.0 Å². The first-order chi connectivity index (χ1) is 22.3. The zero-order valence-corrected chi connectivity index (χ0v) is 27.1. The molecule has 236 valence electrons. The third-order valence-electron chi connectivity index (χ3n) is 7.38. The van der Waals surface area contributed by atoms with Gasteiger partial charge in [-0.15, -0.1) is 11.8 Å². The van der Waals surface area contributed by atoms with E-state index in [0.29, 0.717) is 40.2 Å². The summed E-state index contributed by atoms with van der Waals surface area (Å²) in [6.45, 7) is 3.04. The Bertz CT molecular complexity index is 1880. The normalized spacial score (nSPS) is 12.5. The lowest BCUT2D eigenvalue weighted by atomic mass is 10.1. The Balaban J connectivity index is 1.13. The molecular weight excluding hydrogens is 651 g/mol. The molecule has 2 amide bonds. The summed E-state index contributed by atoms with van der Waals surface area (Å²) in [5.41, 5.74) is 4.59. The van der Waals surface area contributed by atoms with Crippen LogP contribution < -0.4 is 14.5 Å². The number of nitrogens with one attached hydrogen (secondary N) is 1. The van der Waals surface area contributed by atoms with Gasteiger partial charge in [0.05, 0.1) is 18.4 Å². The van der Waals surface area contributed by atoms with Crippen LogP contribution >= 0.6 is 35.0 Å². The molecule has 0 atom stereocenters. The van der Waals surface area contributed by atoms with Gasteiger partial charge in [0.2, 0.25) is 5.95 Å². The average molecular weight is 680 g/mol. The van der Waals surface area contributed by atoms with E-state index in [1.165, 1.54) is 4.90 Å². The number of ether oxygens (including phenoxy) is 2. The number of nitrogens with zero attached hydrogens (tertiary/aromatic N) is 7. The molecule has 12 nitrogen and oxygen atoms in total. The summed E-state index contributed by atoms with van der Waals surface area (Å²) in [5.74, 6) is 1.30. The van der Waals surface area contributed by atoms with Gasteiger partial charge >= 0.3 is 6.09 Å². The van der Waals surface area contributed by atoms with Crippen molar-refractivity contribution in [1.29, 1.82) is 0 Å². The SMILES string of the molecule is Cc1c(Cl)cccc1OCCOC(=O)N1CCSc2c(-c3cnn(Cc4cc(C(=O)N(C)c5nnn[nH]5)ccc4Cl)c3)cccc21.